The van der Waals surface area contributed by atoms with Gasteiger partial charge in [0.2, 0.25) is 23.6 Å². The van der Waals surface area contributed by atoms with Gasteiger partial charge in [-0.05, 0) is 42.9 Å². The Labute approximate surface area is 197 Å². The van der Waals surface area contributed by atoms with Crippen molar-refractivity contribution >= 4 is 29.6 Å². The molecule has 0 saturated carbocycles. The Balaban J connectivity index is 2.65. The lowest BCUT2D eigenvalue weighted by Crippen LogP contribution is -2.54. The van der Waals surface area contributed by atoms with Crippen molar-refractivity contribution in [2.24, 2.45) is 17.4 Å². The zero-order chi connectivity index (χ0) is 25.8. The van der Waals surface area contributed by atoms with E-state index >= 15 is 0 Å². The molecule has 1 rings (SSSR count). The van der Waals surface area contributed by atoms with E-state index in [0.29, 0.717) is 0 Å². The zero-order valence-corrected chi connectivity index (χ0v) is 19.2. The minimum Gasteiger partial charge on any atom is -0.508 e. The topological polar surface area (TPSA) is 214 Å². The summed E-state index contributed by atoms with van der Waals surface area (Å²) in [6.45, 7) is 3.20. The second-order valence-electron chi connectivity index (χ2n) is 8.35. The van der Waals surface area contributed by atoms with Crippen molar-refractivity contribution in [3.05, 3.63) is 29.8 Å². The number of primary amides is 1. The number of benzene rings is 1. The van der Waals surface area contributed by atoms with Gasteiger partial charge in [0.25, 0.3) is 0 Å². The molecule has 0 aromatic heterocycles. The molecule has 9 N–H and O–H groups in total. The summed E-state index contributed by atoms with van der Waals surface area (Å²) in [6, 6.07) is 2.85. The highest BCUT2D eigenvalue weighted by molar-refractivity contribution is 5.92. The Bertz CT molecular complexity index is 873. The van der Waals surface area contributed by atoms with Crippen LogP contribution in [0.4, 0.5) is 0 Å². The fourth-order valence-corrected chi connectivity index (χ4v) is 3.04. The van der Waals surface area contributed by atoms with E-state index in [0.717, 1.165) is 5.56 Å². The number of nitrogens with one attached hydrogen (secondary N) is 3. The highest BCUT2D eigenvalue weighted by Gasteiger charge is 2.27. The molecule has 3 unspecified atom stereocenters. The van der Waals surface area contributed by atoms with E-state index in [-0.39, 0.29) is 37.4 Å². The van der Waals surface area contributed by atoms with Gasteiger partial charge in [0.15, 0.2) is 0 Å². The van der Waals surface area contributed by atoms with Gasteiger partial charge in [-0.1, -0.05) is 26.0 Å². The Morgan fingerprint density at radius 3 is 2.12 bits per heavy atom. The number of hydrogen-bond donors (Lipinski definition) is 7. The van der Waals surface area contributed by atoms with Crippen LogP contribution in [0, 0.1) is 5.92 Å². The van der Waals surface area contributed by atoms with E-state index < -0.39 is 54.3 Å². The van der Waals surface area contributed by atoms with Crippen LogP contribution < -0.4 is 27.4 Å². The van der Waals surface area contributed by atoms with Gasteiger partial charge in [-0.15, -0.1) is 0 Å². The second-order valence-corrected chi connectivity index (χ2v) is 8.35. The third-order valence-corrected chi connectivity index (χ3v) is 4.80. The molecule has 0 fully saturated rings. The van der Waals surface area contributed by atoms with E-state index in [9.17, 15) is 34.2 Å². The van der Waals surface area contributed by atoms with Crippen molar-refractivity contribution < 1.29 is 34.2 Å². The van der Waals surface area contributed by atoms with Crippen molar-refractivity contribution in [2.75, 3.05) is 6.54 Å². The third-order valence-electron chi connectivity index (χ3n) is 4.80. The summed E-state index contributed by atoms with van der Waals surface area (Å²) in [4.78, 5) is 59.5. The van der Waals surface area contributed by atoms with E-state index in [1.807, 2.05) is 13.8 Å². The summed E-state index contributed by atoms with van der Waals surface area (Å²) in [5.41, 5.74) is 11.6. The summed E-state index contributed by atoms with van der Waals surface area (Å²) < 4.78 is 0. The van der Waals surface area contributed by atoms with Crippen molar-refractivity contribution in [1.82, 2.24) is 16.0 Å². The van der Waals surface area contributed by atoms with Crippen LogP contribution in [0.25, 0.3) is 0 Å². The Kier molecular flexibility index (Phi) is 11.5. The SMILES string of the molecule is CC(C)CC(NC(=O)CNC(=O)C(N)Cc1ccc(O)cc1)C(=O)NC(CCC(N)=O)C(=O)O. The van der Waals surface area contributed by atoms with E-state index in [4.69, 9.17) is 11.5 Å². The Morgan fingerprint density at radius 2 is 1.59 bits per heavy atom. The molecule has 12 nitrogen and oxygen atoms in total. The first-order valence-corrected chi connectivity index (χ1v) is 10.8. The van der Waals surface area contributed by atoms with Gasteiger partial charge >= 0.3 is 5.97 Å². The van der Waals surface area contributed by atoms with Crippen molar-refractivity contribution in [1.29, 1.82) is 0 Å². The molecule has 188 valence electrons. The van der Waals surface area contributed by atoms with Gasteiger partial charge in [-0.2, -0.15) is 0 Å². The molecule has 0 saturated heterocycles. The smallest absolute Gasteiger partial charge is 0.326 e. The predicted octanol–water partition coefficient (Wildman–Crippen LogP) is -1.26. The predicted molar refractivity (Wildman–Crippen MR) is 122 cm³/mol. The molecule has 0 bridgehead atoms. The number of nitrogens with two attached hydrogens (primary N) is 2. The van der Waals surface area contributed by atoms with E-state index in [1.54, 1.807) is 12.1 Å². The van der Waals surface area contributed by atoms with Gasteiger partial charge < -0.3 is 37.6 Å². The van der Waals surface area contributed by atoms with Crippen LogP contribution in [-0.2, 0) is 30.4 Å². The van der Waals surface area contributed by atoms with Crippen molar-refractivity contribution in [2.45, 2.75) is 57.7 Å². The van der Waals surface area contributed by atoms with Gasteiger partial charge in [-0.25, -0.2) is 4.79 Å². The first-order valence-electron chi connectivity index (χ1n) is 10.8. The average molecular weight is 480 g/mol. The second kappa shape index (κ2) is 13.8. The summed E-state index contributed by atoms with van der Waals surface area (Å²) in [5.74, 6) is -3.93. The number of phenols is 1. The van der Waals surface area contributed by atoms with Crippen LogP contribution in [-0.4, -0.2) is 64.5 Å². The van der Waals surface area contributed by atoms with Crippen molar-refractivity contribution in [3.8, 4) is 5.75 Å². The number of aromatic hydroxyl groups is 1. The highest BCUT2D eigenvalue weighted by atomic mass is 16.4. The van der Waals surface area contributed by atoms with Crippen LogP contribution in [0.15, 0.2) is 24.3 Å². The zero-order valence-electron chi connectivity index (χ0n) is 19.2. The minimum absolute atomic E-state index is 0.0155. The van der Waals surface area contributed by atoms with Crippen molar-refractivity contribution in [3.63, 3.8) is 0 Å². The largest absolute Gasteiger partial charge is 0.508 e. The van der Waals surface area contributed by atoms with Gasteiger partial charge in [0.05, 0.1) is 12.6 Å². The molecule has 1 aromatic carbocycles. The maximum absolute atomic E-state index is 12.6. The quantitative estimate of drug-likeness (QED) is 0.171. The minimum atomic E-state index is -1.34. The average Bonchev–Trinajstić information content (AvgIpc) is 2.75. The molecule has 0 radical (unpaired) electrons. The number of carboxylic acids is 1. The maximum atomic E-state index is 12.6. The number of phenolic OH excluding ortho intramolecular Hbond substituents is 1. The van der Waals surface area contributed by atoms with Gasteiger partial charge in [0, 0.05) is 6.42 Å². The lowest BCUT2D eigenvalue weighted by atomic mass is 10.0. The van der Waals surface area contributed by atoms with Gasteiger partial charge in [0.1, 0.15) is 17.8 Å². The fraction of sp³-hybridized carbons (Fsp3) is 0.500. The molecule has 0 aliphatic heterocycles. The molecule has 0 aliphatic rings. The number of aliphatic carboxylic acids is 1. The fourth-order valence-electron chi connectivity index (χ4n) is 3.04. The van der Waals surface area contributed by atoms with E-state index in [1.165, 1.54) is 12.1 Å². The van der Waals surface area contributed by atoms with Crippen LogP contribution in [0.3, 0.4) is 0 Å². The Morgan fingerprint density at radius 1 is 0.971 bits per heavy atom. The maximum Gasteiger partial charge on any atom is 0.326 e. The number of amides is 4. The summed E-state index contributed by atoms with van der Waals surface area (Å²) in [5, 5.41) is 25.8. The number of carbonyl (C=O) groups excluding carboxylic acids is 4. The van der Waals surface area contributed by atoms with Gasteiger partial charge in [-0.3, -0.25) is 19.2 Å². The standard InChI is InChI=1S/C22H33N5O7/c1-12(2)9-17(21(32)27-16(22(33)34)7-8-18(24)29)26-19(30)11-25-20(31)15(23)10-13-3-5-14(28)6-4-13/h3-6,12,15-17,28H,7-11,23H2,1-2H3,(H2,24,29)(H,25,31)(H,26,30)(H,27,32)(H,33,34). The molecule has 34 heavy (non-hydrogen) atoms. The van der Waals surface area contributed by atoms with Crippen LogP contribution in [0.1, 0.15) is 38.7 Å². The summed E-state index contributed by atoms with van der Waals surface area (Å²) in [7, 11) is 0. The third kappa shape index (κ3) is 10.8. The lowest BCUT2D eigenvalue weighted by Gasteiger charge is -2.23. The highest BCUT2D eigenvalue weighted by Crippen LogP contribution is 2.11. The molecule has 1 aromatic rings. The lowest BCUT2D eigenvalue weighted by molar-refractivity contribution is -0.142. The molecule has 0 heterocycles. The molecule has 4 amide bonds. The Hall–Kier alpha value is -3.67. The first kappa shape index (κ1) is 28.4. The molecule has 0 spiro atoms. The van der Waals surface area contributed by atoms with Crippen LogP contribution in [0.2, 0.25) is 0 Å². The number of carbonyl (C=O) groups is 5. The molecular weight excluding hydrogens is 446 g/mol. The molecule has 0 aliphatic carbocycles. The first-order chi connectivity index (χ1) is 15.9. The number of hydrogen-bond acceptors (Lipinski definition) is 7. The molecular formula is C22H33N5O7. The normalized spacial score (nSPS) is 13.4. The van der Waals surface area contributed by atoms with Crippen LogP contribution >= 0.6 is 0 Å². The van der Waals surface area contributed by atoms with Crippen LogP contribution in [0.5, 0.6) is 5.75 Å². The van der Waals surface area contributed by atoms with E-state index in [2.05, 4.69) is 16.0 Å². The summed E-state index contributed by atoms with van der Waals surface area (Å²) >= 11 is 0. The summed E-state index contributed by atoms with van der Waals surface area (Å²) in [6.07, 6.45) is -0.00928. The monoisotopic (exact) mass is 479 g/mol. The number of rotatable bonds is 14. The molecule has 12 heteroatoms. The molecule has 3 atom stereocenters. The number of carboxylic acid groups (broad SMARTS) is 1.